The Labute approximate surface area is 146 Å². The van der Waals surface area contributed by atoms with Gasteiger partial charge in [-0.3, -0.25) is 14.4 Å². The molecule has 1 atom stereocenters. The van der Waals surface area contributed by atoms with Gasteiger partial charge in [-0.05, 0) is 17.9 Å². The maximum atomic E-state index is 12.0. The highest BCUT2D eigenvalue weighted by atomic mass is 32.2. The minimum Gasteiger partial charge on any atom is -0.457 e. The van der Waals surface area contributed by atoms with Gasteiger partial charge in [-0.1, -0.05) is 24.3 Å². The van der Waals surface area contributed by atoms with Gasteiger partial charge in [0.05, 0.1) is 11.5 Å². The third-order valence-electron chi connectivity index (χ3n) is 3.96. The van der Waals surface area contributed by atoms with Crippen LogP contribution in [-0.2, 0) is 30.7 Å². The summed E-state index contributed by atoms with van der Waals surface area (Å²) in [5, 5.41) is 2.65. The molecular weight excluding hydrogens is 346 g/mol. The van der Waals surface area contributed by atoms with Crippen molar-refractivity contribution in [2.75, 3.05) is 18.1 Å². The van der Waals surface area contributed by atoms with Crippen LogP contribution in [0, 0.1) is 5.92 Å². The van der Waals surface area contributed by atoms with Gasteiger partial charge < -0.3 is 10.1 Å². The zero-order chi connectivity index (χ0) is 18.4. The smallest absolute Gasteiger partial charge is 0.306 e. The van der Waals surface area contributed by atoms with Gasteiger partial charge in [0.15, 0.2) is 22.2 Å². The van der Waals surface area contributed by atoms with Crippen LogP contribution >= 0.6 is 0 Å². The Hall–Kier alpha value is -2.22. The summed E-state index contributed by atoms with van der Waals surface area (Å²) in [5.74, 6) is -1.14. The SMILES string of the molecule is CC(=O)NCc1ccc(C(=O)COC(=O)C[C@H]2CCS(=O)(=O)C2)cc1. The summed E-state index contributed by atoms with van der Waals surface area (Å²) in [5.41, 5.74) is 1.26. The van der Waals surface area contributed by atoms with E-state index in [1.165, 1.54) is 6.92 Å². The average molecular weight is 367 g/mol. The number of amides is 1. The number of carbonyl (C=O) groups excluding carboxylic acids is 3. The van der Waals surface area contributed by atoms with Crippen LogP contribution in [0.2, 0.25) is 0 Å². The number of rotatable bonds is 7. The van der Waals surface area contributed by atoms with Crippen LogP contribution in [0.3, 0.4) is 0 Å². The standard InChI is InChI=1S/C17H21NO6S/c1-12(19)18-9-13-2-4-15(5-3-13)16(20)10-24-17(21)8-14-6-7-25(22,23)11-14/h2-5,14H,6-11H2,1H3,(H,18,19)/t14-/m1/s1. The molecule has 0 saturated carbocycles. The zero-order valence-corrected chi connectivity index (χ0v) is 14.8. The molecule has 8 heteroatoms. The molecule has 1 aromatic rings. The largest absolute Gasteiger partial charge is 0.457 e. The molecule has 1 aliphatic rings. The molecule has 1 fully saturated rings. The van der Waals surface area contributed by atoms with E-state index in [9.17, 15) is 22.8 Å². The second-order valence-electron chi connectivity index (χ2n) is 6.16. The average Bonchev–Trinajstić information content (AvgIpc) is 2.89. The summed E-state index contributed by atoms with van der Waals surface area (Å²) in [6, 6.07) is 6.65. The number of sulfone groups is 1. The second-order valence-corrected chi connectivity index (χ2v) is 8.39. The predicted molar refractivity (Wildman–Crippen MR) is 90.6 cm³/mol. The van der Waals surface area contributed by atoms with E-state index < -0.39 is 15.8 Å². The van der Waals surface area contributed by atoms with Crippen molar-refractivity contribution < 1.29 is 27.5 Å². The van der Waals surface area contributed by atoms with Crippen molar-refractivity contribution in [1.82, 2.24) is 5.32 Å². The molecule has 7 nitrogen and oxygen atoms in total. The second kappa shape index (κ2) is 8.24. The van der Waals surface area contributed by atoms with E-state index in [4.69, 9.17) is 4.74 Å². The van der Waals surface area contributed by atoms with Crippen molar-refractivity contribution in [1.29, 1.82) is 0 Å². The number of nitrogens with one attached hydrogen (secondary N) is 1. The number of ether oxygens (including phenoxy) is 1. The van der Waals surface area contributed by atoms with Crippen LogP contribution in [0.15, 0.2) is 24.3 Å². The van der Waals surface area contributed by atoms with Gasteiger partial charge in [0.2, 0.25) is 5.91 Å². The molecule has 0 spiro atoms. The fourth-order valence-electron chi connectivity index (χ4n) is 2.59. The van der Waals surface area contributed by atoms with Crippen LogP contribution in [-0.4, -0.2) is 44.2 Å². The number of esters is 1. The summed E-state index contributed by atoms with van der Waals surface area (Å²) in [6.07, 6.45) is 0.475. The molecule has 0 aliphatic carbocycles. The van der Waals surface area contributed by atoms with Crippen molar-refractivity contribution in [2.45, 2.75) is 26.3 Å². The molecule has 1 N–H and O–H groups in total. The van der Waals surface area contributed by atoms with Gasteiger partial charge in [0.25, 0.3) is 0 Å². The van der Waals surface area contributed by atoms with Gasteiger partial charge in [-0.25, -0.2) is 8.42 Å². The number of carbonyl (C=O) groups is 3. The number of hydrogen-bond acceptors (Lipinski definition) is 6. The molecule has 0 aromatic heterocycles. The first-order valence-electron chi connectivity index (χ1n) is 7.98. The minimum absolute atomic E-state index is 0.00576. The topological polar surface area (TPSA) is 107 Å². The molecule has 2 rings (SSSR count). The Morgan fingerprint density at radius 1 is 1.20 bits per heavy atom. The summed E-state index contributed by atoms with van der Waals surface area (Å²) in [7, 11) is -3.03. The maximum Gasteiger partial charge on any atom is 0.306 e. The third kappa shape index (κ3) is 6.30. The molecule has 0 unspecified atom stereocenters. The Morgan fingerprint density at radius 3 is 2.44 bits per heavy atom. The van der Waals surface area contributed by atoms with E-state index in [0.29, 0.717) is 18.5 Å². The van der Waals surface area contributed by atoms with Crippen LogP contribution in [0.4, 0.5) is 0 Å². The van der Waals surface area contributed by atoms with Gasteiger partial charge >= 0.3 is 5.97 Å². The lowest BCUT2D eigenvalue weighted by Crippen LogP contribution is -2.19. The number of Topliss-reactive ketones (excluding diaryl/α,β-unsaturated/α-hetero) is 1. The molecule has 1 aromatic carbocycles. The first kappa shape index (κ1) is 19.1. The molecule has 1 saturated heterocycles. The van der Waals surface area contributed by atoms with E-state index >= 15 is 0 Å². The molecule has 25 heavy (non-hydrogen) atoms. The van der Waals surface area contributed by atoms with Crippen molar-refractivity contribution in [3.63, 3.8) is 0 Å². The molecule has 136 valence electrons. The highest BCUT2D eigenvalue weighted by molar-refractivity contribution is 7.91. The van der Waals surface area contributed by atoms with Crippen LogP contribution < -0.4 is 5.32 Å². The molecule has 1 aliphatic heterocycles. The van der Waals surface area contributed by atoms with E-state index in [2.05, 4.69) is 5.32 Å². The fraction of sp³-hybridized carbons (Fsp3) is 0.471. The van der Waals surface area contributed by atoms with Gasteiger partial charge in [-0.15, -0.1) is 0 Å². The monoisotopic (exact) mass is 367 g/mol. The fourth-order valence-corrected chi connectivity index (χ4v) is 4.45. The molecule has 1 amide bonds. The lowest BCUT2D eigenvalue weighted by Gasteiger charge is -2.08. The maximum absolute atomic E-state index is 12.0. The van der Waals surface area contributed by atoms with Crippen molar-refractivity contribution in [3.05, 3.63) is 35.4 Å². The number of benzene rings is 1. The Morgan fingerprint density at radius 2 is 1.88 bits per heavy atom. The van der Waals surface area contributed by atoms with Crippen LogP contribution in [0.25, 0.3) is 0 Å². The van der Waals surface area contributed by atoms with Crippen molar-refractivity contribution in [2.24, 2.45) is 5.92 Å². The first-order chi connectivity index (χ1) is 11.7. The van der Waals surface area contributed by atoms with Crippen LogP contribution in [0.5, 0.6) is 0 Å². The molecular formula is C17H21NO6S. The van der Waals surface area contributed by atoms with E-state index in [0.717, 1.165) is 5.56 Å². The van der Waals surface area contributed by atoms with E-state index in [1.54, 1.807) is 24.3 Å². The van der Waals surface area contributed by atoms with E-state index in [-0.39, 0.29) is 42.1 Å². The highest BCUT2D eigenvalue weighted by Gasteiger charge is 2.30. The summed E-state index contributed by atoms with van der Waals surface area (Å²) in [6.45, 7) is 1.43. The summed E-state index contributed by atoms with van der Waals surface area (Å²) >= 11 is 0. The quantitative estimate of drug-likeness (QED) is 0.566. The lowest BCUT2D eigenvalue weighted by molar-refractivity contribution is -0.143. The molecule has 0 radical (unpaired) electrons. The van der Waals surface area contributed by atoms with Crippen molar-refractivity contribution in [3.8, 4) is 0 Å². The minimum atomic E-state index is -3.03. The normalized spacial score (nSPS) is 18.5. The molecule has 1 heterocycles. The lowest BCUT2D eigenvalue weighted by atomic mass is 10.1. The third-order valence-corrected chi connectivity index (χ3v) is 5.80. The Kier molecular flexibility index (Phi) is 6.30. The summed E-state index contributed by atoms with van der Waals surface area (Å²) in [4.78, 5) is 34.6. The van der Waals surface area contributed by atoms with E-state index in [1.807, 2.05) is 0 Å². The zero-order valence-electron chi connectivity index (χ0n) is 14.0. The van der Waals surface area contributed by atoms with Gasteiger partial charge in [-0.2, -0.15) is 0 Å². The van der Waals surface area contributed by atoms with Gasteiger partial charge in [0, 0.05) is 25.5 Å². The Balaban J connectivity index is 1.77. The van der Waals surface area contributed by atoms with Crippen LogP contribution in [0.1, 0.15) is 35.7 Å². The highest BCUT2D eigenvalue weighted by Crippen LogP contribution is 2.21. The predicted octanol–water partition coefficient (Wildman–Crippen LogP) is 0.873. The first-order valence-corrected chi connectivity index (χ1v) is 9.80. The number of hydrogen-bond donors (Lipinski definition) is 1. The Bertz CT molecular complexity index is 754. The molecule has 0 bridgehead atoms. The number of ketones is 1. The van der Waals surface area contributed by atoms with Gasteiger partial charge in [0.1, 0.15) is 0 Å². The summed E-state index contributed by atoms with van der Waals surface area (Å²) < 4.78 is 27.7. The van der Waals surface area contributed by atoms with Crippen molar-refractivity contribution >= 4 is 27.5 Å².